The molecule has 0 saturated carbocycles. The third kappa shape index (κ3) is 6.10. The first-order valence-electron chi connectivity index (χ1n) is 14.3. The van der Waals surface area contributed by atoms with Crippen molar-refractivity contribution in [2.24, 2.45) is 0 Å². The van der Waals surface area contributed by atoms with Crippen molar-refractivity contribution in [3.63, 3.8) is 0 Å². The highest BCUT2D eigenvalue weighted by molar-refractivity contribution is 7.13. The molecule has 10 nitrogen and oxygen atoms in total. The molecule has 16 heteroatoms. The summed E-state index contributed by atoms with van der Waals surface area (Å²) in [5.41, 5.74) is 0.630. The van der Waals surface area contributed by atoms with Crippen LogP contribution in [-0.4, -0.2) is 61.8 Å². The van der Waals surface area contributed by atoms with Crippen molar-refractivity contribution < 1.29 is 32.1 Å². The highest BCUT2D eigenvalue weighted by Crippen LogP contribution is 2.46. The van der Waals surface area contributed by atoms with E-state index < -0.39 is 48.5 Å². The third-order valence-electron chi connectivity index (χ3n) is 7.96. The molecule has 2 saturated heterocycles. The molecule has 0 spiro atoms. The Morgan fingerprint density at radius 1 is 1.11 bits per heavy atom. The highest BCUT2D eigenvalue weighted by Gasteiger charge is 2.53. The van der Waals surface area contributed by atoms with Crippen molar-refractivity contribution in [3.05, 3.63) is 105 Å². The van der Waals surface area contributed by atoms with E-state index in [1.54, 1.807) is 22.3 Å². The van der Waals surface area contributed by atoms with Crippen LogP contribution in [0.4, 0.5) is 13.2 Å². The monoisotopic (exact) mass is 704 g/mol. The van der Waals surface area contributed by atoms with Crippen LogP contribution in [0.15, 0.2) is 72.8 Å². The molecule has 0 amide bonds. The van der Waals surface area contributed by atoms with Crippen LogP contribution in [0.5, 0.6) is 0 Å². The van der Waals surface area contributed by atoms with Crippen LogP contribution in [0, 0.1) is 0 Å². The van der Waals surface area contributed by atoms with Gasteiger partial charge < -0.3 is 18.9 Å². The Bertz CT molecular complexity index is 1900. The minimum Gasteiger partial charge on any atom is -0.376 e. The minimum atomic E-state index is -4.70. The molecule has 7 rings (SSSR count). The maximum atomic E-state index is 14.3. The predicted octanol–water partition coefficient (Wildman–Crippen LogP) is 7.37. The molecule has 0 N–H and O–H groups in total. The van der Waals surface area contributed by atoms with Gasteiger partial charge in [-0.15, -0.1) is 16.4 Å². The van der Waals surface area contributed by atoms with Crippen LogP contribution < -0.4 is 0 Å². The average Bonchev–Trinajstić information content (AvgIpc) is 3.83. The normalized spacial score (nSPS) is 24.6. The molecular weight excluding hydrogens is 680 g/mol. The number of fused-ring (bicyclic) bond motifs is 1. The van der Waals surface area contributed by atoms with Gasteiger partial charge in [0.25, 0.3) is 0 Å². The summed E-state index contributed by atoms with van der Waals surface area (Å²) < 4.78 is 71.0. The Kier molecular flexibility index (Phi) is 8.68. The first kappa shape index (κ1) is 31.9. The van der Waals surface area contributed by atoms with Crippen molar-refractivity contribution in [1.82, 2.24) is 29.8 Å². The maximum absolute atomic E-state index is 14.3. The van der Waals surface area contributed by atoms with E-state index in [1.165, 1.54) is 41.3 Å². The fourth-order valence-electron chi connectivity index (χ4n) is 5.90. The van der Waals surface area contributed by atoms with Crippen LogP contribution in [0.3, 0.4) is 0 Å². The summed E-state index contributed by atoms with van der Waals surface area (Å²) in [5.74, 6) is 0. The number of thiazole rings is 1. The molecule has 0 bridgehead atoms. The highest BCUT2D eigenvalue weighted by atomic mass is 35.5. The lowest BCUT2D eigenvalue weighted by Gasteiger charge is -2.49. The molecule has 244 valence electrons. The Hall–Kier alpha value is -3.63. The summed E-state index contributed by atoms with van der Waals surface area (Å²) >= 11 is 13.6. The fourth-order valence-corrected chi connectivity index (χ4v) is 6.97. The molecular formula is C31H25Cl2F3N6O4S. The SMILES string of the molecule is C=Cc1cc([C@@H]2OC3COC(c4ccccc4)O[C@@H]3[C@H](n3cc(-c4nc(Cl)cs4)nn3)C2OC)n(-c2cc(Cl)ccc2C(F)(F)F)n1. The van der Waals surface area contributed by atoms with E-state index in [-0.39, 0.29) is 23.0 Å². The van der Waals surface area contributed by atoms with Crippen LogP contribution in [-0.2, 0) is 25.1 Å². The molecule has 2 aliphatic rings. The van der Waals surface area contributed by atoms with Crippen molar-refractivity contribution in [2.45, 2.75) is 42.9 Å². The second-order valence-corrected chi connectivity index (χ2v) is 12.5. The summed E-state index contributed by atoms with van der Waals surface area (Å²) in [7, 11) is 1.48. The van der Waals surface area contributed by atoms with Gasteiger partial charge >= 0.3 is 6.18 Å². The molecule has 2 aromatic carbocycles. The number of methoxy groups -OCH3 is 1. The van der Waals surface area contributed by atoms with E-state index in [0.717, 1.165) is 11.6 Å². The quantitative estimate of drug-likeness (QED) is 0.173. The van der Waals surface area contributed by atoms with Crippen molar-refractivity contribution in [1.29, 1.82) is 0 Å². The second kappa shape index (κ2) is 12.8. The summed E-state index contributed by atoms with van der Waals surface area (Å²) in [6.45, 7) is 3.88. The van der Waals surface area contributed by atoms with Gasteiger partial charge in [-0.1, -0.05) is 65.3 Å². The molecule has 3 unspecified atom stereocenters. The zero-order valence-corrected chi connectivity index (χ0v) is 26.7. The van der Waals surface area contributed by atoms with Crippen LogP contribution >= 0.6 is 34.5 Å². The molecule has 5 heterocycles. The average molecular weight is 706 g/mol. The van der Waals surface area contributed by atoms with Gasteiger partial charge in [-0.3, -0.25) is 0 Å². The van der Waals surface area contributed by atoms with Crippen molar-refractivity contribution in [2.75, 3.05) is 13.7 Å². The van der Waals surface area contributed by atoms with Gasteiger partial charge in [0.2, 0.25) is 0 Å². The van der Waals surface area contributed by atoms with Crippen LogP contribution in [0.1, 0.15) is 41.0 Å². The first-order valence-corrected chi connectivity index (χ1v) is 15.9. The number of alkyl halides is 3. The Balaban J connectivity index is 1.35. The molecule has 0 radical (unpaired) electrons. The Morgan fingerprint density at radius 2 is 1.91 bits per heavy atom. The number of nitrogens with zero attached hydrogens (tertiary/aromatic N) is 6. The van der Waals surface area contributed by atoms with Crippen molar-refractivity contribution in [3.8, 4) is 16.4 Å². The third-order valence-corrected chi connectivity index (χ3v) is 9.38. The van der Waals surface area contributed by atoms with Crippen LogP contribution in [0.2, 0.25) is 10.2 Å². The lowest BCUT2D eigenvalue weighted by atomic mass is 9.89. The van der Waals surface area contributed by atoms with Crippen molar-refractivity contribution >= 4 is 40.6 Å². The maximum Gasteiger partial charge on any atom is 0.418 e. The number of hydrogen-bond acceptors (Lipinski definition) is 9. The van der Waals surface area contributed by atoms with E-state index >= 15 is 0 Å². The Labute approximate surface area is 280 Å². The number of halogens is 5. The molecule has 3 aromatic heterocycles. The Morgan fingerprint density at radius 3 is 2.62 bits per heavy atom. The lowest BCUT2D eigenvalue weighted by Crippen LogP contribution is -2.57. The summed E-state index contributed by atoms with van der Waals surface area (Å²) in [5, 5.41) is 15.9. The van der Waals surface area contributed by atoms with E-state index in [4.69, 9.17) is 42.1 Å². The fraction of sp³-hybridized carbons (Fsp3) is 0.290. The largest absolute Gasteiger partial charge is 0.418 e. The molecule has 2 fully saturated rings. The van der Waals surface area contributed by atoms with Gasteiger partial charge in [0.05, 0.1) is 35.4 Å². The van der Waals surface area contributed by atoms with Gasteiger partial charge in [0.15, 0.2) is 6.29 Å². The lowest BCUT2D eigenvalue weighted by molar-refractivity contribution is -0.320. The number of ether oxygens (including phenoxy) is 4. The predicted molar refractivity (Wildman–Crippen MR) is 167 cm³/mol. The zero-order valence-electron chi connectivity index (χ0n) is 24.4. The second-order valence-electron chi connectivity index (χ2n) is 10.8. The summed E-state index contributed by atoms with van der Waals surface area (Å²) in [4.78, 5) is 4.30. The van der Waals surface area contributed by atoms with E-state index in [0.29, 0.717) is 21.5 Å². The molecule has 47 heavy (non-hydrogen) atoms. The van der Waals surface area contributed by atoms with E-state index in [1.807, 2.05) is 30.3 Å². The number of aromatic nitrogens is 6. The van der Waals surface area contributed by atoms with E-state index in [9.17, 15) is 13.2 Å². The molecule has 2 aliphatic heterocycles. The van der Waals surface area contributed by atoms with Gasteiger partial charge in [0.1, 0.15) is 46.3 Å². The molecule has 5 aromatic rings. The topological polar surface area (TPSA) is 98.3 Å². The zero-order chi connectivity index (χ0) is 32.9. The van der Waals surface area contributed by atoms with Gasteiger partial charge in [-0.05, 0) is 30.3 Å². The van der Waals surface area contributed by atoms with Gasteiger partial charge in [0, 0.05) is 23.1 Å². The summed E-state index contributed by atoms with van der Waals surface area (Å²) in [6.07, 6.45) is -5.54. The van der Waals surface area contributed by atoms with E-state index in [2.05, 4.69) is 27.0 Å². The first-order chi connectivity index (χ1) is 22.6. The molecule has 6 atom stereocenters. The number of hydrogen-bond donors (Lipinski definition) is 0. The summed E-state index contributed by atoms with van der Waals surface area (Å²) in [6, 6.07) is 13.6. The number of rotatable bonds is 7. The van der Waals surface area contributed by atoms with Crippen LogP contribution in [0.25, 0.3) is 22.5 Å². The van der Waals surface area contributed by atoms with Gasteiger partial charge in [-0.25, -0.2) is 14.3 Å². The minimum absolute atomic E-state index is 0.0962. The standard InChI is InChI=1S/C31H25Cl2F3N6O4S/c1-3-18-12-22(42(39-18)21-11-17(32)9-10-19(21)31(34,35)36)26-28(43-2)25(41-13-20(38-40-41)29-37-24(33)15-47-29)27-23(45-26)14-44-30(46-27)16-7-5-4-6-8-16/h3-13,15,23,25-28,30H,1,14H2,2H3/t23?,25-,26-,27-,28?,30?/m0/s1. The smallest absolute Gasteiger partial charge is 0.376 e. The molecule has 0 aliphatic carbocycles. The van der Waals surface area contributed by atoms with Gasteiger partial charge in [-0.2, -0.15) is 18.3 Å². The number of benzene rings is 2.